The maximum Gasteiger partial charge on any atom is 0.326 e. The molecule has 6 N–H and O–H groups in total. The van der Waals surface area contributed by atoms with Gasteiger partial charge in [0.15, 0.2) is 0 Å². The maximum absolute atomic E-state index is 13.2. The molecule has 2 aromatic carbocycles. The van der Waals surface area contributed by atoms with Gasteiger partial charge in [-0.25, -0.2) is 4.79 Å². The number of benzene rings is 2. The number of amides is 2. The minimum Gasteiger partial charge on any atom is -0.508 e. The van der Waals surface area contributed by atoms with Gasteiger partial charge in [-0.2, -0.15) is 0 Å². The van der Waals surface area contributed by atoms with Crippen molar-refractivity contribution in [2.24, 2.45) is 0 Å². The molecule has 0 unspecified atom stereocenters. The third-order valence-electron chi connectivity index (χ3n) is 6.10. The molecule has 4 rings (SSSR count). The minimum atomic E-state index is -1.17. The highest BCUT2D eigenvalue weighted by Crippen LogP contribution is 2.19. The second kappa shape index (κ2) is 10.4. The smallest absolute Gasteiger partial charge is 0.326 e. The molecular formula is C25H28N4O5. The first-order valence-electron chi connectivity index (χ1n) is 11.3. The molecule has 2 heterocycles. The van der Waals surface area contributed by atoms with Gasteiger partial charge in [-0.1, -0.05) is 30.3 Å². The number of nitrogens with one attached hydrogen (secondary N) is 4. The zero-order chi connectivity index (χ0) is 24.1. The van der Waals surface area contributed by atoms with E-state index in [-0.39, 0.29) is 30.5 Å². The molecule has 1 fully saturated rings. The fourth-order valence-electron chi connectivity index (χ4n) is 4.25. The molecule has 1 aliphatic rings. The molecule has 0 bridgehead atoms. The van der Waals surface area contributed by atoms with E-state index in [1.54, 1.807) is 18.3 Å². The average molecular weight is 465 g/mol. The van der Waals surface area contributed by atoms with Gasteiger partial charge >= 0.3 is 5.97 Å². The molecule has 3 atom stereocenters. The Morgan fingerprint density at radius 2 is 1.76 bits per heavy atom. The van der Waals surface area contributed by atoms with Crippen LogP contribution in [0.2, 0.25) is 0 Å². The number of H-pyrrole nitrogens is 1. The van der Waals surface area contributed by atoms with Crippen molar-refractivity contribution >= 4 is 28.7 Å². The van der Waals surface area contributed by atoms with Crippen molar-refractivity contribution in [3.8, 4) is 5.75 Å². The van der Waals surface area contributed by atoms with Crippen LogP contribution in [0.25, 0.3) is 10.9 Å². The number of hydrogen-bond acceptors (Lipinski definition) is 5. The van der Waals surface area contributed by atoms with Crippen molar-refractivity contribution in [1.29, 1.82) is 0 Å². The van der Waals surface area contributed by atoms with Crippen molar-refractivity contribution in [2.45, 2.75) is 43.8 Å². The first-order chi connectivity index (χ1) is 16.4. The highest BCUT2D eigenvalue weighted by molar-refractivity contribution is 5.92. The Kier molecular flexibility index (Phi) is 7.12. The Balaban J connectivity index is 1.51. The second-order valence-corrected chi connectivity index (χ2v) is 8.54. The number of fused-ring (bicyclic) bond motifs is 1. The molecule has 1 aromatic heterocycles. The van der Waals surface area contributed by atoms with Crippen molar-refractivity contribution in [3.05, 3.63) is 65.9 Å². The van der Waals surface area contributed by atoms with E-state index < -0.39 is 24.0 Å². The van der Waals surface area contributed by atoms with E-state index in [0.717, 1.165) is 35.0 Å². The predicted molar refractivity (Wildman–Crippen MR) is 126 cm³/mol. The standard InChI is InChI=1S/C25H28N4O5/c30-17-9-7-15(8-10-17)12-21(28-23(31)20-6-3-11-26-20)24(32)29-22(25(33)34)13-16-14-27-19-5-2-1-4-18(16)19/h1-2,4-5,7-10,14,20-22,26-27,30H,3,6,11-13H2,(H,28,31)(H,29,32)(H,33,34)/t20-,21-,22+/m0/s1. The first-order valence-corrected chi connectivity index (χ1v) is 11.3. The quantitative estimate of drug-likeness (QED) is 0.283. The van der Waals surface area contributed by atoms with Crippen LogP contribution < -0.4 is 16.0 Å². The molecule has 0 spiro atoms. The van der Waals surface area contributed by atoms with E-state index in [1.807, 2.05) is 24.3 Å². The monoisotopic (exact) mass is 464 g/mol. The Labute approximate surface area is 196 Å². The van der Waals surface area contributed by atoms with Gasteiger partial charge in [0.25, 0.3) is 0 Å². The van der Waals surface area contributed by atoms with Crippen LogP contribution in [0.15, 0.2) is 54.7 Å². The van der Waals surface area contributed by atoms with Crippen LogP contribution in [0.3, 0.4) is 0 Å². The van der Waals surface area contributed by atoms with Gasteiger partial charge < -0.3 is 31.1 Å². The van der Waals surface area contributed by atoms with Crippen LogP contribution in [-0.2, 0) is 27.2 Å². The van der Waals surface area contributed by atoms with E-state index in [1.165, 1.54) is 12.1 Å². The van der Waals surface area contributed by atoms with Crippen LogP contribution in [0.1, 0.15) is 24.0 Å². The number of carboxylic acids is 1. The number of aromatic hydroxyl groups is 1. The second-order valence-electron chi connectivity index (χ2n) is 8.54. The van der Waals surface area contributed by atoms with Crippen LogP contribution in [0.4, 0.5) is 0 Å². The number of carboxylic acid groups (broad SMARTS) is 1. The van der Waals surface area contributed by atoms with Gasteiger partial charge in [0.1, 0.15) is 17.8 Å². The van der Waals surface area contributed by atoms with Gasteiger partial charge in [-0.3, -0.25) is 9.59 Å². The summed E-state index contributed by atoms with van der Waals surface area (Å²) in [5.74, 6) is -1.94. The summed E-state index contributed by atoms with van der Waals surface area (Å²) in [5, 5.41) is 28.7. The number of phenolic OH excluding ortho intramolecular Hbond substituents is 1. The maximum atomic E-state index is 13.2. The van der Waals surface area contributed by atoms with Crippen LogP contribution in [0, 0.1) is 0 Å². The number of rotatable bonds is 9. The number of aromatic nitrogens is 1. The van der Waals surface area contributed by atoms with Crippen LogP contribution in [-0.4, -0.2) is 57.7 Å². The van der Waals surface area contributed by atoms with Gasteiger partial charge in [0.05, 0.1) is 6.04 Å². The number of aliphatic carboxylic acids is 1. The average Bonchev–Trinajstić information content (AvgIpc) is 3.50. The molecule has 9 nitrogen and oxygen atoms in total. The summed E-state index contributed by atoms with van der Waals surface area (Å²) in [6.45, 7) is 0.735. The molecule has 9 heteroatoms. The fourth-order valence-corrected chi connectivity index (χ4v) is 4.25. The lowest BCUT2D eigenvalue weighted by Crippen LogP contribution is -2.55. The van der Waals surface area contributed by atoms with Gasteiger partial charge in [0, 0.05) is 29.9 Å². The highest BCUT2D eigenvalue weighted by atomic mass is 16.4. The highest BCUT2D eigenvalue weighted by Gasteiger charge is 2.30. The summed E-state index contributed by atoms with van der Waals surface area (Å²) in [5.41, 5.74) is 2.38. The molecule has 0 radical (unpaired) electrons. The van der Waals surface area contributed by atoms with Crippen molar-refractivity contribution in [1.82, 2.24) is 20.9 Å². The molecule has 178 valence electrons. The molecule has 0 saturated carbocycles. The van der Waals surface area contributed by atoms with Crippen molar-refractivity contribution in [3.63, 3.8) is 0 Å². The Hall–Kier alpha value is -3.85. The molecular weight excluding hydrogens is 436 g/mol. The topological polar surface area (TPSA) is 144 Å². The van der Waals surface area contributed by atoms with E-state index in [4.69, 9.17) is 0 Å². The third-order valence-corrected chi connectivity index (χ3v) is 6.10. The zero-order valence-corrected chi connectivity index (χ0v) is 18.6. The number of phenols is 1. The van der Waals surface area contributed by atoms with E-state index in [9.17, 15) is 24.6 Å². The molecule has 1 saturated heterocycles. The summed E-state index contributed by atoms with van der Waals surface area (Å²) < 4.78 is 0. The van der Waals surface area contributed by atoms with E-state index in [2.05, 4.69) is 20.9 Å². The van der Waals surface area contributed by atoms with Gasteiger partial charge in [-0.05, 0) is 48.7 Å². The molecule has 3 aromatic rings. The lowest BCUT2D eigenvalue weighted by molar-refractivity contribution is -0.142. The van der Waals surface area contributed by atoms with E-state index >= 15 is 0 Å². The summed E-state index contributed by atoms with van der Waals surface area (Å²) in [4.78, 5) is 41.0. The Morgan fingerprint density at radius 1 is 1.00 bits per heavy atom. The van der Waals surface area contributed by atoms with Gasteiger partial charge in [0.2, 0.25) is 11.8 Å². The Bertz CT molecular complexity index is 1170. The molecule has 1 aliphatic heterocycles. The van der Waals surface area contributed by atoms with E-state index in [0.29, 0.717) is 6.42 Å². The summed E-state index contributed by atoms with van der Waals surface area (Å²) in [6, 6.07) is 11.4. The van der Waals surface area contributed by atoms with Gasteiger partial charge in [-0.15, -0.1) is 0 Å². The number of para-hydroxylation sites is 1. The largest absolute Gasteiger partial charge is 0.508 e. The lowest BCUT2D eigenvalue weighted by atomic mass is 10.0. The van der Waals surface area contributed by atoms with Crippen molar-refractivity contribution < 1.29 is 24.6 Å². The SMILES string of the molecule is O=C(N[C@@H](Cc1ccc(O)cc1)C(=O)N[C@H](Cc1c[nH]c2ccccc12)C(=O)O)[C@@H]1CCCN1. The molecule has 2 amide bonds. The summed E-state index contributed by atoms with van der Waals surface area (Å²) >= 11 is 0. The van der Waals surface area contributed by atoms with Crippen molar-refractivity contribution in [2.75, 3.05) is 6.54 Å². The minimum absolute atomic E-state index is 0.0913. The lowest BCUT2D eigenvalue weighted by Gasteiger charge is -2.23. The Morgan fingerprint density at radius 3 is 2.47 bits per heavy atom. The molecule has 34 heavy (non-hydrogen) atoms. The number of carbonyl (C=O) groups excluding carboxylic acids is 2. The fraction of sp³-hybridized carbons (Fsp3) is 0.320. The van der Waals surface area contributed by atoms with Crippen LogP contribution in [0.5, 0.6) is 5.75 Å². The third kappa shape index (κ3) is 5.55. The van der Waals surface area contributed by atoms with Crippen LogP contribution >= 0.6 is 0 Å². The summed E-state index contributed by atoms with van der Waals surface area (Å²) in [7, 11) is 0. The predicted octanol–water partition coefficient (Wildman–Crippen LogP) is 1.46. The zero-order valence-electron chi connectivity index (χ0n) is 18.6. The number of aromatic amines is 1. The number of carbonyl (C=O) groups is 3. The first kappa shape index (κ1) is 23.3. The normalized spacial score (nSPS) is 17.2. The molecule has 0 aliphatic carbocycles. The number of hydrogen-bond donors (Lipinski definition) is 6. The summed E-state index contributed by atoms with van der Waals surface area (Å²) in [6.07, 6.45) is 3.55.